The monoisotopic (exact) mass is 361 g/mol. The predicted molar refractivity (Wildman–Crippen MR) is 99.8 cm³/mol. The summed E-state index contributed by atoms with van der Waals surface area (Å²) in [5.41, 5.74) is 0. The van der Waals surface area contributed by atoms with Crippen molar-refractivity contribution in [3.8, 4) is 0 Å². The normalized spacial score (nSPS) is 21.6. The topological polar surface area (TPSA) is 61.7 Å². The van der Waals surface area contributed by atoms with Crippen LogP contribution in [0.3, 0.4) is 0 Å². The first kappa shape index (κ1) is 18.9. The van der Waals surface area contributed by atoms with E-state index in [1.165, 1.54) is 19.3 Å². The molecular weight excluding hydrogens is 330 g/mol. The average Bonchev–Trinajstić information content (AvgIpc) is 3.08. The molecule has 1 aromatic rings. The minimum Gasteiger partial charge on any atom is -0.337 e. The highest BCUT2D eigenvalue weighted by atomic mass is 16.2. The summed E-state index contributed by atoms with van der Waals surface area (Å²) >= 11 is 0. The summed E-state index contributed by atoms with van der Waals surface area (Å²) in [4.78, 5) is 35.5. The number of amides is 2. The van der Waals surface area contributed by atoms with Crippen LogP contribution < -0.4 is 0 Å². The van der Waals surface area contributed by atoms with Crippen LogP contribution in [0, 0.1) is 0 Å². The van der Waals surface area contributed by atoms with E-state index in [0.29, 0.717) is 12.4 Å². The van der Waals surface area contributed by atoms with Crippen LogP contribution in [-0.4, -0.2) is 81.4 Å². The first-order valence-electron chi connectivity index (χ1n) is 9.82. The second-order valence-electron chi connectivity index (χ2n) is 7.52. The molecule has 1 aromatic heterocycles. The van der Waals surface area contributed by atoms with E-state index in [0.717, 1.165) is 45.6 Å². The van der Waals surface area contributed by atoms with Gasteiger partial charge in [0.2, 0.25) is 5.91 Å². The molecule has 26 heavy (non-hydrogen) atoms. The molecule has 0 aliphatic carbocycles. The zero-order valence-corrected chi connectivity index (χ0v) is 16.1. The fourth-order valence-corrected chi connectivity index (χ4v) is 4.14. The smallest absolute Gasteiger partial charge is 0.289 e. The summed E-state index contributed by atoms with van der Waals surface area (Å²) in [6.45, 7) is 6.95. The summed E-state index contributed by atoms with van der Waals surface area (Å²) in [6.07, 6.45) is 9.16. The minimum absolute atomic E-state index is 0.0401. The summed E-state index contributed by atoms with van der Waals surface area (Å²) in [5.74, 6) is 0.536. The van der Waals surface area contributed by atoms with Crippen molar-refractivity contribution < 1.29 is 9.59 Å². The maximum Gasteiger partial charge on any atom is 0.289 e. The van der Waals surface area contributed by atoms with Crippen LogP contribution in [-0.2, 0) is 11.8 Å². The van der Waals surface area contributed by atoms with Gasteiger partial charge in [-0.1, -0.05) is 6.42 Å². The van der Waals surface area contributed by atoms with E-state index in [-0.39, 0.29) is 17.9 Å². The van der Waals surface area contributed by atoms with Gasteiger partial charge >= 0.3 is 0 Å². The van der Waals surface area contributed by atoms with Crippen LogP contribution in [0.15, 0.2) is 12.4 Å². The van der Waals surface area contributed by atoms with Gasteiger partial charge in [0.15, 0.2) is 5.82 Å². The lowest BCUT2D eigenvalue weighted by Crippen LogP contribution is -2.53. The molecule has 2 aliphatic rings. The summed E-state index contributed by atoms with van der Waals surface area (Å²) in [6, 6.07) is 0.107. The number of rotatable bonds is 5. The van der Waals surface area contributed by atoms with Crippen LogP contribution >= 0.6 is 0 Å². The highest BCUT2D eigenvalue weighted by molar-refractivity contribution is 5.91. The van der Waals surface area contributed by atoms with Crippen LogP contribution in [0.2, 0.25) is 0 Å². The highest BCUT2D eigenvalue weighted by Crippen LogP contribution is 2.18. The van der Waals surface area contributed by atoms with E-state index in [1.807, 2.05) is 16.8 Å². The molecule has 0 N–H and O–H groups in total. The number of likely N-dealkylation sites (tertiary alicyclic amines) is 2. The molecule has 2 saturated heterocycles. The van der Waals surface area contributed by atoms with Gasteiger partial charge in [0.1, 0.15) is 0 Å². The zero-order valence-electron chi connectivity index (χ0n) is 16.1. The maximum absolute atomic E-state index is 12.8. The van der Waals surface area contributed by atoms with Gasteiger partial charge in [-0.3, -0.25) is 9.59 Å². The van der Waals surface area contributed by atoms with Crippen LogP contribution in [0.5, 0.6) is 0 Å². The van der Waals surface area contributed by atoms with Gasteiger partial charge in [0.25, 0.3) is 5.91 Å². The van der Waals surface area contributed by atoms with Gasteiger partial charge in [-0.15, -0.1) is 0 Å². The Morgan fingerprint density at radius 3 is 2.62 bits per heavy atom. The molecule has 0 aromatic carbocycles. The molecule has 7 nitrogen and oxygen atoms in total. The fraction of sp³-hybridized carbons (Fsp3) is 0.737. The van der Waals surface area contributed by atoms with Crippen molar-refractivity contribution in [1.29, 1.82) is 0 Å². The summed E-state index contributed by atoms with van der Waals surface area (Å²) in [5, 5.41) is 0. The lowest BCUT2D eigenvalue weighted by Gasteiger charge is -2.40. The number of carbonyl (C=O) groups excluding carboxylic acids is 2. The SMILES string of the molecule is CC(=O)N(CCN1CCCCC1)C1CCCN(C(=O)c2nccn2C)C1. The molecule has 2 amide bonds. The number of hydrogen-bond donors (Lipinski definition) is 0. The Balaban J connectivity index is 1.60. The Bertz CT molecular complexity index is 623. The van der Waals surface area contributed by atoms with E-state index in [1.54, 1.807) is 23.9 Å². The molecule has 3 heterocycles. The largest absolute Gasteiger partial charge is 0.337 e. The molecule has 144 valence electrons. The van der Waals surface area contributed by atoms with E-state index in [4.69, 9.17) is 0 Å². The van der Waals surface area contributed by atoms with Crippen molar-refractivity contribution in [3.63, 3.8) is 0 Å². The minimum atomic E-state index is -0.0401. The summed E-state index contributed by atoms with van der Waals surface area (Å²) < 4.78 is 1.76. The number of nitrogens with zero attached hydrogens (tertiary/aromatic N) is 5. The molecule has 1 unspecified atom stereocenters. The molecular formula is C19H31N5O2. The molecule has 2 fully saturated rings. The lowest BCUT2D eigenvalue weighted by molar-refractivity contribution is -0.132. The molecule has 0 saturated carbocycles. The number of hydrogen-bond acceptors (Lipinski definition) is 4. The zero-order chi connectivity index (χ0) is 18.5. The van der Waals surface area contributed by atoms with Crippen LogP contribution in [0.25, 0.3) is 0 Å². The lowest BCUT2D eigenvalue weighted by atomic mass is 10.0. The standard InChI is InChI=1S/C19H31N5O2/c1-16(25)24(14-13-22-9-4-3-5-10-22)17-7-6-11-23(15-17)19(26)18-20-8-12-21(18)2/h8,12,17H,3-7,9-11,13-15H2,1-2H3. The first-order chi connectivity index (χ1) is 12.6. The van der Waals surface area contributed by atoms with Crippen molar-refractivity contribution in [2.45, 2.75) is 45.1 Å². The van der Waals surface area contributed by atoms with Gasteiger partial charge < -0.3 is 19.3 Å². The van der Waals surface area contributed by atoms with Gasteiger partial charge in [0, 0.05) is 58.6 Å². The molecule has 2 aliphatic heterocycles. The van der Waals surface area contributed by atoms with Gasteiger partial charge in [-0.25, -0.2) is 4.98 Å². The maximum atomic E-state index is 12.8. The summed E-state index contributed by atoms with van der Waals surface area (Å²) in [7, 11) is 1.84. The quantitative estimate of drug-likeness (QED) is 0.794. The Hall–Kier alpha value is -1.89. The first-order valence-corrected chi connectivity index (χ1v) is 9.82. The Morgan fingerprint density at radius 1 is 1.19 bits per heavy atom. The number of carbonyl (C=O) groups is 2. The molecule has 0 bridgehead atoms. The van der Waals surface area contributed by atoms with Crippen LogP contribution in [0.4, 0.5) is 0 Å². The van der Waals surface area contributed by atoms with E-state index >= 15 is 0 Å². The van der Waals surface area contributed by atoms with Crippen molar-refractivity contribution in [2.75, 3.05) is 39.3 Å². The van der Waals surface area contributed by atoms with Gasteiger partial charge in [-0.2, -0.15) is 0 Å². The number of aryl methyl sites for hydroxylation is 1. The number of imidazole rings is 1. The average molecular weight is 361 g/mol. The number of piperidine rings is 2. The van der Waals surface area contributed by atoms with E-state index < -0.39 is 0 Å². The number of aromatic nitrogens is 2. The second kappa shape index (κ2) is 8.66. The van der Waals surface area contributed by atoms with Crippen molar-refractivity contribution in [2.24, 2.45) is 7.05 Å². The third-order valence-electron chi connectivity index (χ3n) is 5.65. The molecule has 3 rings (SSSR count). The van der Waals surface area contributed by atoms with Crippen molar-refractivity contribution in [3.05, 3.63) is 18.2 Å². The molecule has 7 heteroatoms. The predicted octanol–water partition coefficient (Wildman–Crippen LogP) is 1.36. The van der Waals surface area contributed by atoms with Gasteiger partial charge in [0.05, 0.1) is 0 Å². The van der Waals surface area contributed by atoms with E-state index in [9.17, 15) is 9.59 Å². The van der Waals surface area contributed by atoms with Gasteiger partial charge in [-0.05, 0) is 38.8 Å². The van der Waals surface area contributed by atoms with Crippen LogP contribution in [0.1, 0.15) is 49.6 Å². The fourth-order valence-electron chi connectivity index (χ4n) is 4.14. The second-order valence-corrected chi connectivity index (χ2v) is 7.52. The molecule has 0 spiro atoms. The third kappa shape index (κ3) is 4.44. The van der Waals surface area contributed by atoms with E-state index in [2.05, 4.69) is 9.88 Å². The third-order valence-corrected chi connectivity index (χ3v) is 5.65. The highest BCUT2D eigenvalue weighted by Gasteiger charge is 2.31. The molecule has 1 atom stereocenters. The Morgan fingerprint density at radius 2 is 1.96 bits per heavy atom. The molecule has 0 radical (unpaired) electrons. The Labute approximate surface area is 156 Å². The Kier molecular flexibility index (Phi) is 6.29. The van der Waals surface area contributed by atoms with Crippen molar-refractivity contribution in [1.82, 2.24) is 24.3 Å². The van der Waals surface area contributed by atoms with Crippen molar-refractivity contribution >= 4 is 11.8 Å².